The summed E-state index contributed by atoms with van der Waals surface area (Å²) in [4.78, 5) is 15.7. The minimum atomic E-state index is -0.275. The molecule has 6 heteroatoms. The van der Waals surface area contributed by atoms with Crippen LogP contribution in [0.1, 0.15) is 10.4 Å². The van der Waals surface area contributed by atoms with Crippen LogP contribution in [0.2, 0.25) is 10.0 Å². The summed E-state index contributed by atoms with van der Waals surface area (Å²) in [5.74, 6) is 0.0637. The average molecular weight is 282 g/mol. The molecule has 2 N–H and O–H groups in total. The maximum absolute atomic E-state index is 11.7. The molecular weight excluding hydrogens is 273 g/mol. The second-order valence-electron chi connectivity index (χ2n) is 3.43. The Bertz CT molecular complexity index is 561. The van der Waals surface area contributed by atoms with E-state index in [4.69, 9.17) is 23.2 Å². The Morgan fingerprint density at radius 3 is 2.56 bits per heavy atom. The zero-order chi connectivity index (χ0) is 13.0. The third-order valence-electron chi connectivity index (χ3n) is 2.14. The average Bonchev–Trinajstić information content (AvgIpc) is 2.38. The van der Waals surface area contributed by atoms with Crippen molar-refractivity contribution in [1.82, 2.24) is 10.4 Å². The molecule has 0 bridgehead atoms. The molecule has 0 unspecified atom stereocenters. The van der Waals surface area contributed by atoms with Gasteiger partial charge in [0.2, 0.25) is 0 Å². The fraction of sp³-hybridized carbons (Fsp3) is 0. The highest BCUT2D eigenvalue weighted by Crippen LogP contribution is 2.21. The van der Waals surface area contributed by atoms with Crippen LogP contribution in [0.4, 0.5) is 5.82 Å². The Morgan fingerprint density at radius 2 is 1.89 bits per heavy atom. The highest BCUT2D eigenvalue weighted by atomic mass is 35.5. The van der Waals surface area contributed by atoms with E-state index in [2.05, 4.69) is 15.8 Å². The second-order valence-corrected chi connectivity index (χ2v) is 4.27. The third-order valence-corrected chi connectivity index (χ3v) is 2.63. The van der Waals surface area contributed by atoms with E-state index in [1.54, 1.807) is 24.3 Å². The number of carbonyl (C=O) groups is 1. The molecule has 0 atom stereocenters. The van der Waals surface area contributed by atoms with Crippen LogP contribution in [0.25, 0.3) is 0 Å². The van der Waals surface area contributed by atoms with E-state index in [9.17, 15) is 4.79 Å². The monoisotopic (exact) mass is 281 g/mol. The van der Waals surface area contributed by atoms with Gasteiger partial charge >= 0.3 is 0 Å². The summed E-state index contributed by atoms with van der Waals surface area (Å²) in [6.07, 6.45) is 1.43. The molecule has 18 heavy (non-hydrogen) atoms. The van der Waals surface area contributed by atoms with E-state index in [0.29, 0.717) is 21.4 Å². The molecule has 0 aliphatic carbocycles. The Labute approximate surface area is 114 Å². The lowest BCUT2D eigenvalue weighted by molar-refractivity contribution is 0.0962. The molecular formula is C12H9Cl2N3O. The third kappa shape index (κ3) is 3.12. The Balaban J connectivity index is 2.02. The highest BCUT2D eigenvalue weighted by molar-refractivity contribution is 6.35. The number of nitrogens with one attached hydrogen (secondary N) is 2. The molecule has 1 heterocycles. The Kier molecular flexibility index (Phi) is 4.02. The molecule has 2 aromatic rings. The first-order valence-electron chi connectivity index (χ1n) is 5.09. The molecule has 4 nitrogen and oxygen atoms in total. The molecule has 0 saturated carbocycles. The summed E-state index contributed by atoms with van der Waals surface area (Å²) in [6.45, 7) is 0. The van der Waals surface area contributed by atoms with E-state index in [1.807, 2.05) is 6.07 Å². The van der Waals surface area contributed by atoms with Gasteiger partial charge < -0.3 is 0 Å². The fourth-order valence-corrected chi connectivity index (χ4v) is 1.71. The summed E-state index contributed by atoms with van der Waals surface area (Å²) in [5, 5.41) is 0.760. The standard InChI is InChI=1S/C12H9Cl2N3O/c13-9-6-10(14)11(15-7-9)16-17-12(18)8-4-2-1-3-5-8/h1-7H,(H,15,16)(H,17,18). The van der Waals surface area contributed by atoms with Gasteiger partial charge in [-0.1, -0.05) is 41.4 Å². The number of aromatic nitrogens is 1. The van der Waals surface area contributed by atoms with E-state index < -0.39 is 0 Å². The summed E-state index contributed by atoms with van der Waals surface area (Å²) < 4.78 is 0. The van der Waals surface area contributed by atoms with Crippen LogP contribution in [0.5, 0.6) is 0 Å². The van der Waals surface area contributed by atoms with Gasteiger partial charge in [0.25, 0.3) is 5.91 Å². The molecule has 1 aromatic carbocycles. The largest absolute Gasteiger partial charge is 0.280 e. The number of hydrogen-bond donors (Lipinski definition) is 2. The van der Waals surface area contributed by atoms with Crippen molar-refractivity contribution in [3.63, 3.8) is 0 Å². The molecule has 0 saturated heterocycles. The summed E-state index contributed by atoms with van der Waals surface area (Å²) >= 11 is 11.6. The second kappa shape index (κ2) is 5.71. The van der Waals surface area contributed by atoms with Crippen LogP contribution in [-0.2, 0) is 0 Å². The quantitative estimate of drug-likeness (QED) is 0.850. The molecule has 1 amide bonds. The predicted octanol–water partition coefficient (Wildman–Crippen LogP) is 3.15. The van der Waals surface area contributed by atoms with Crippen LogP contribution in [0, 0.1) is 0 Å². The van der Waals surface area contributed by atoms with E-state index in [-0.39, 0.29) is 5.91 Å². The van der Waals surface area contributed by atoms with Gasteiger partial charge in [0.1, 0.15) is 0 Å². The summed E-state index contributed by atoms with van der Waals surface area (Å²) in [7, 11) is 0. The molecule has 0 fully saturated rings. The van der Waals surface area contributed by atoms with Crippen molar-refractivity contribution in [2.45, 2.75) is 0 Å². The van der Waals surface area contributed by atoms with Gasteiger partial charge in [-0.25, -0.2) is 4.98 Å². The molecule has 92 valence electrons. The van der Waals surface area contributed by atoms with Crippen LogP contribution in [-0.4, -0.2) is 10.9 Å². The van der Waals surface area contributed by atoms with Crippen LogP contribution in [0.15, 0.2) is 42.6 Å². The highest BCUT2D eigenvalue weighted by Gasteiger charge is 2.06. The lowest BCUT2D eigenvalue weighted by Gasteiger charge is -2.09. The van der Waals surface area contributed by atoms with E-state index in [0.717, 1.165) is 0 Å². The summed E-state index contributed by atoms with van der Waals surface area (Å²) in [6, 6.07) is 10.3. The van der Waals surface area contributed by atoms with Crippen molar-refractivity contribution in [1.29, 1.82) is 0 Å². The number of nitrogens with zero attached hydrogens (tertiary/aromatic N) is 1. The summed E-state index contributed by atoms with van der Waals surface area (Å²) in [5.41, 5.74) is 5.67. The van der Waals surface area contributed by atoms with E-state index >= 15 is 0 Å². The molecule has 2 rings (SSSR count). The van der Waals surface area contributed by atoms with Crippen molar-refractivity contribution >= 4 is 34.9 Å². The van der Waals surface area contributed by atoms with Crippen molar-refractivity contribution in [2.75, 3.05) is 5.43 Å². The van der Waals surface area contributed by atoms with Crippen molar-refractivity contribution in [3.8, 4) is 0 Å². The molecule has 0 aliphatic rings. The molecule has 0 spiro atoms. The Hall–Kier alpha value is -1.78. The zero-order valence-corrected chi connectivity index (χ0v) is 10.7. The van der Waals surface area contributed by atoms with Crippen LogP contribution >= 0.6 is 23.2 Å². The van der Waals surface area contributed by atoms with Gasteiger partial charge in [-0.2, -0.15) is 0 Å². The smallest absolute Gasteiger partial charge is 0.269 e. The van der Waals surface area contributed by atoms with Gasteiger partial charge in [-0.3, -0.25) is 15.6 Å². The van der Waals surface area contributed by atoms with Gasteiger partial charge in [0, 0.05) is 11.8 Å². The number of hydrazine groups is 1. The van der Waals surface area contributed by atoms with Crippen LogP contribution < -0.4 is 10.9 Å². The van der Waals surface area contributed by atoms with Gasteiger partial charge in [0.05, 0.1) is 10.0 Å². The number of hydrogen-bond acceptors (Lipinski definition) is 3. The number of benzene rings is 1. The van der Waals surface area contributed by atoms with Crippen molar-refractivity contribution in [2.24, 2.45) is 0 Å². The molecule has 0 radical (unpaired) electrons. The predicted molar refractivity (Wildman–Crippen MR) is 71.8 cm³/mol. The lowest BCUT2D eigenvalue weighted by atomic mass is 10.2. The normalized spacial score (nSPS) is 9.89. The minimum Gasteiger partial charge on any atom is -0.280 e. The van der Waals surface area contributed by atoms with E-state index in [1.165, 1.54) is 12.3 Å². The molecule has 1 aromatic heterocycles. The number of pyridine rings is 1. The number of rotatable bonds is 3. The maximum atomic E-state index is 11.7. The topological polar surface area (TPSA) is 54.0 Å². The zero-order valence-electron chi connectivity index (χ0n) is 9.15. The Morgan fingerprint density at radius 1 is 1.17 bits per heavy atom. The van der Waals surface area contributed by atoms with Crippen molar-refractivity contribution in [3.05, 3.63) is 58.2 Å². The SMILES string of the molecule is O=C(NNc1ncc(Cl)cc1Cl)c1ccccc1. The van der Waals surface area contributed by atoms with Crippen LogP contribution in [0.3, 0.4) is 0 Å². The van der Waals surface area contributed by atoms with Gasteiger partial charge in [-0.05, 0) is 18.2 Å². The first kappa shape index (κ1) is 12.7. The molecule has 0 aliphatic heterocycles. The minimum absolute atomic E-state index is 0.275. The van der Waals surface area contributed by atoms with Gasteiger partial charge in [-0.15, -0.1) is 0 Å². The van der Waals surface area contributed by atoms with Gasteiger partial charge in [0.15, 0.2) is 5.82 Å². The first-order chi connectivity index (χ1) is 8.66. The number of carbonyl (C=O) groups excluding carboxylic acids is 1. The lowest BCUT2D eigenvalue weighted by Crippen LogP contribution is -2.29. The maximum Gasteiger partial charge on any atom is 0.269 e. The van der Waals surface area contributed by atoms with Crippen molar-refractivity contribution < 1.29 is 4.79 Å². The fourth-order valence-electron chi connectivity index (χ4n) is 1.28. The number of anilines is 1. The number of halogens is 2. The first-order valence-corrected chi connectivity index (χ1v) is 5.85. The number of amides is 1.